The molecular weight excluding hydrogens is 490 g/mol. The Hall–Kier alpha value is -3.41. The lowest BCUT2D eigenvalue weighted by atomic mass is 10.1. The molecule has 1 amide bonds. The van der Waals surface area contributed by atoms with Crippen LogP contribution < -0.4 is 4.74 Å². The minimum Gasteiger partial charge on any atom is -0.480 e. The number of fused-ring (bicyclic) bond motifs is 1. The van der Waals surface area contributed by atoms with Crippen LogP contribution in [0.1, 0.15) is 34.1 Å². The van der Waals surface area contributed by atoms with Crippen molar-refractivity contribution in [2.24, 2.45) is 0 Å². The maximum atomic E-state index is 13.6. The molecule has 0 saturated heterocycles. The van der Waals surface area contributed by atoms with Gasteiger partial charge < -0.3 is 9.64 Å². The standard InChI is InChI=1S/C23H21F4N3O4S/c1-13-8-16(4-6-19(13)24)30-11-15-10-29(12-20(15)28-30)22(31)18-9-17(35(3,32)33)5-7-21(18)34-14(2)23(25,26)27/h4-9,11,14H,10,12H2,1-3H3. The van der Waals surface area contributed by atoms with Crippen molar-refractivity contribution in [3.8, 4) is 11.4 Å². The highest BCUT2D eigenvalue weighted by Crippen LogP contribution is 2.32. The van der Waals surface area contributed by atoms with Gasteiger partial charge in [-0.15, -0.1) is 0 Å². The first-order valence-corrected chi connectivity index (χ1v) is 12.3. The van der Waals surface area contributed by atoms with E-state index in [2.05, 4.69) is 5.10 Å². The topological polar surface area (TPSA) is 81.5 Å². The third kappa shape index (κ3) is 5.02. The van der Waals surface area contributed by atoms with Gasteiger partial charge in [-0.3, -0.25) is 4.79 Å². The van der Waals surface area contributed by atoms with Crippen molar-refractivity contribution in [1.82, 2.24) is 14.7 Å². The van der Waals surface area contributed by atoms with Crippen molar-refractivity contribution >= 4 is 15.7 Å². The summed E-state index contributed by atoms with van der Waals surface area (Å²) in [4.78, 5) is 14.4. The summed E-state index contributed by atoms with van der Waals surface area (Å²) in [6.45, 7) is 2.58. The monoisotopic (exact) mass is 511 g/mol. The van der Waals surface area contributed by atoms with Gasteiger partial charge in [-0.1, -0.05) is 0 Å². The predicted octanol–water partition coefficient (Wildman–Crippen LogP) is 4.21. The fourth-order valence-corrected chi connectivity index (χ4v) is 4.28. The van der Waals surface area contributed by atoms with Crippen LogP contribution in [0.3, 0.4) is 0 Å². The molecule has 2 heterocycles. The normalized spacial score (nSPS) is 14.7. The van der Waals surface area contributed by atoms with Crippen molar-refractivity contribution < 1.29 is 35.5 Å². The van der Waals surface area contributed by atoms with E-state index < -0.39 is 28.0 Å². The van der Waals surface area contributed by atoms with Crippen molar-refractivity contribution in [2.45, 2.75) is 44.1 Å². The second-order valence-corrected chi connectivity index (χ2v) is 10.4. The van der Waals surface area contributed by atoms with Gasteiger partial charge in [0.05, 0.1) is 28.4 Å². The molecule has 1 aromatic heterocycles. The molecule has 12 heteroatoms. The number of nitrogens with zero attached hydrogens (tertiary/aromatic N) is 3. The first-order chi connectivity index (χ1) is 16.2. The highest BCUT2D eigenvalue weighted by Gasteiger charge is 2.39. The molecule has 0 bridgehead atoms. The van der Waals surface area contributed by atoms with Gasteiger partial charge in [-0.2, -0.15) is 18.3 Å². The van der Waals surface area contributed by atoms with Gasteiger partial charge in [0.1, 0.15) is 11.6 Å². The molecule has 1 unspecified atom stereocenters. The Balaban J connectivity index is 1.62. The van der Waals surface area contributed by atoms with E-state index in [1.807, 2.05) is 0 Å². The van der Waals surface area contributed by atoms with E-state index in [-0.39, 0.29) is 35.1 Å². The summed E-state index contributed by atoms with van der Waals surface area (Å²) in [7, 11) is -3.73. The highest BCUT2D eigenvalue weighted by molar-refractivity contribution is 7.90. The molecule has 1 aliphatic rings. The first-order valence-electron chi connectivity index (χ1n) is 10.4. The van der Waals surface area contributed by atoms with Crippen molar-refractivity contribution in [1.29, 1.82) is 0 Å². The summed E-state index contributed by atoms with van der Waals surface area (Å²) in [5.74, 6) is -1.41. The molecule has 186 valence electrons. The number of sulfone groups is 1. The summed E-state index contributed by atoms with van der Waals surface area (Å²) < 4.78 is 83.3. The summed E-state index contributed by atoms with van der Waals surface area (Å²) >= 11 is 0. The SMILES string of the molecule is Cc1cc(-n2cc3c(n2)CN(C(=O)c2cc(S(C)(=O)=O)ccc2OC(C)C(F)(F)F)C3)ccc1F. The largest absolute Gasteiger partial charge is 0.480 e. The van der Waals surface area contributed by atoms with E-state index >= 15 is 0 Å². The number of amides is 1. The average molecular weight is 511 g/mol. The molecule has 3 aromatic rings. The first kappa shape index (κ1) is 24.7. The minimum absolute atomic E-state index is 0.0543. The van der Waals surface area contributed by atoms with E-state index in [1.165, 1.54) is 11.0 Å². The lowest BCUT2D eigenvalue weighted by Gasteiger charge is -2.22. The molecule has 1 aliphatic heterocycles. The van der Waals surface area contributed by atoms with Crippen LogP contribution in [0, 0.1) is 12.7 Å². The number of carbonyl (C=O) groups excluding carboxylic acids is 1. The Bertz CT molecular complexity index is 1390. The average Bonchev–Trinajstić information content (AvgIpc) is 3.33. The number of hydrogen-bond donors (Lipinski definition) is 0. The zero-order valence-electron chi connectivity index (χ0n) is 18.9. The number of benzene rings is 2. The van der Waals surface area contributed by atoms with Crippen molar-refractivity contribution in [2.75, 3.05) is 6.26 Å². The van der Waals surface area contributed by atoms with Crippen LogP contribution >= 0.6 is 0 Å². The highest BCUT2D eigenvalue weighted by atomic mass is 32.2. The number of carbonyl (C=O) groups is 1. The predicted molar refractivity (Wildman–Crippen MR) is 118 cm³/mol. The number of hydrogen-bond acceptors (Lipinski definition) is 5. The second kappa shape index (κ2) is 8.67. The molecule has 0 spiro atoms. The van der Waals surface area contributed by atoms with Crippen LogP contribution in [0.4, 0.5) is 17.6 Å². The number of ether oxygens (including phenoxy) is 1. The molecule has 2 aromatic carbocycles. The Morgan fingerprint density at radius 3 is 2.46 bits per heavy atom. The zero-order chi connectivity index (χ0) is 25.7. The van der Waals surface area contributed by atoms with Gasteiger partial charge in [0.2, 0.25) is 0 Å². The molecule has 0 aliphatic carbocycles. The lowest BCUT2D eigenvalue weighted by Crippen LogP contribution is -2.33. The van der Waals surface area contributed by atoms with Gasteiger partial charge in [0.25, 0.3) is 5.91 Å². The molecule has 4 rings (SSSR count). The third-order valence-electron chi connectivity index (χ3n) is 5.65. The second-order valence-electron chi connectivity index (χ2n) is 8.37. The summed E-state index contributed by atoms with van der Waals surface area (Å²) in [6, 6.07) is 7.69. The van der Waals surface area contributed by atoms with E-state index in [0.29, 0.717) is 22.5 Å². The fraction of sp³-hybridized carbons (Fsp3) is 0.304. The maximum Gasteiger partial charge on any atom is 0.425 e. The van der Waals surface area contributed by atoms with E-state index in [1.54, 1.807) is 29.9 Å². The number of alkyl halides is 3. The molecule has 0 fully saturated rings. The van der Waals surface area contributed by atoms with Crippen LogP contribution in [0.25, 0.3) is 5.69 Å². The third-order valence-corrected chi connectivity index (χ3v) is 6.76. The Kier molecular flexibility index (Phi) is 6.12. The number of aryl methyl sites for hydroxylation is 1. The van der Waals surface area contributed by atoms with Crippen LogP contribution in [-0.4, -0.2) is 47.5 Å². The van der Waals surface area contributed by atoms with Gasteiger partial charge in [-0.05, 0) is 55.8 Å². The number of rotatable bonds is 5. The van der Waals surface area contributed by atoms with Crippen LogP contribution in [-0.2, 0) is 22.9 Å². The summed E-state index contributed by atoms with van der Waals surface area (Å²) in [5, 5.41) is 4.44. The Labute approximate surface area is 198 Å². The van der Waals surface area contributed by atoms with E-state index in [9.17, 15) is 30.8 Å². The Morgan fingerprint density at radius 2 is 1.86 bits per heavy atom. The van der Waals surface area contributed by atoms with Gasteiger partial charge in [0.15, 0.2) is 15.9 Å². The fourth-order valence-electron chi connectivity index (χ4n) is 3.64. The smallest absolute Gasteiger partial charge is 0.425 e. The zero-order valence-corrected chi connectivity index (χ0v) is 19.7. The lowest BCUT2D eigenvalue weighted by molar-refractivity contribution is -0.189. The molecule has 0 saturated carbocycles. The maximum absolute atomic E-state index is 13.6. The van der Waals surface area contributed by atoms with E-state index in [0.717, 1.165) is 31.4 Å². The molecule has 1 atom stereocenters. The number of aromatic nitrogens is 2. The Morgan fingerprint density at radius 1 is 1.14 bits per heavy atom. The quantitative estimate of drug-likeness (QED) is 0.480. The van der Waals surface area contributed by atoms with Crippen LogP contribution in [0.15, 0.2) is 47.5 Å². The van der Waals surface area contributed by atoms with Gasteiger partial charge in [-0.25, -0.2) is 17.5 Å². The molecule has 0 N–H and O–H groups in total. The van der Waals surface area contributed by atoms with Crippen LogP contribution in [0.2, 0.25) is 0 Å². The van der Waals surface area contributed by atoms with Crippen LogP contribution in [0.5, 0.6) is 5.75 Å². The minimum atomic E-state index is -4.68. The van der Waals surface area contributed by atoms with Crippen molar-refractivity contribution in [3.63, 3.8) is 0 Å². The van der Waals surface area contributed by atoms with E-state index in [4.69, 9.17) is 4.74 Å². The van der Waals surface area contributed by atoms with Crippen molar-refractivity contribution in [3.05, 3.63) is 70.8 Å². The summed E-state index contributed by atoms with van der Waals surface area (Å²) in [6.07, 6.45) is -4.27. The molecule has 0 radical (unpaired) electrons. The molecule has 35 heavy (non-hydrogen) atoms. The summed E-state index contributed by atoms with van der Waals surface area (Å²) in [5.41, 5.74) is 2.04. The van der Waals surface area contributed by atoms with Gasteiger partial charge >= 0.3 is 6.18 Å². The number of halogens is 4. The molecular formula is C23H21F4N3O4S. The van der Waals surface area contributed by atoms with Gasteiger partial charge in [0, 0.05) is 24.6 Å². The molecule has 7 nitrogen and oxygen atoms in total.